The lowest BCUT2D eigenvalue weighted by molar-refractivity contribution is 0.380. The van der Waals surface area contributed by atoms with Crippen LogP contribution in [0.2, 0.25) is 0 Å². The van der Waals surface area contributed by atoms with Gasteiger partial charge in [-0.3, -0.25) is 0 Å². The van der Waals surface area contributed by atoms with Gasteiger partial charge in [0.2, 0.25) is 0 Å². The molecule has 2 N–H and O–H groups in total. The molecule has 64 valence electrons. The minimum atomic E-state index is 0. The van der Waals surface area contributed by atoms with Gasteiger partial charge in [-0.15, -0.1) is 12.4 Å². The number of thiol groups is 2. The monoisotopic (exact) mass is 201 g/mol. The van der Waals surface area contributed by atoms with Crippen molar-refractivity contribution in [3.8, 4) is 0 Å². The normalized spacial score (nSPS) is 11.4. The molecule has 0 heterocycles. The number of hydrogen-bond acceptors (Lipinski definition) is 3. The Kier molecular flexibility index (Phi) is 7.55. The molecule has 0 radical (unpaired) electrons. The maximum absolute atomic E-state index is 5.38. The largest absolute Gasteiger partial charge is 0.330 e. The van der Waals surface area contributed by atoms with Crippen molar-refractivity contribution in [1.82, 2.24) is 0 Å². The first-order valence-corrected chi connectivity index (χ1v) is 4.10. The highest BCUT2D eigenvalue weighted by Gasteiger charge is 2.22. The molecule has 0 aliphatic carbocycles. The Morgan fingerprint density at radius 3 is 1.90 bits per heavy atom. The molecule has 0 aromatic rings. The SMILES string of the molecule is CC(C)(CCN)C(S)S.Cl. The molecule has 0 aromatic carbocycles. The van der Waals surface area contributed by atoms with Gasteiger partial charge in [0.05, 0.1) is 0 Å². The zero-order valence-electron chi connectivity index (χ0n) is 6.37. The van der Waals surface area contributed by atoms with Crippen LogP contribution in [0.5, 0.6) is 0 Å². The maximum atomic E-state index is 5.38. The van der Waals surface area contributed by atoms with Crippen LogP contribution in [-0.4, -0.2) is 11.1 Å². The molecule has 0 rings (SSSR count). The number of hydrogen-bond donors (Lipinski definition) is 3. The average Bonchev–Trinajstić information content (AvgIpc) is 1.65. The molecule has 0 fully saturated rings. The summed E-state index contributed by atoms with van der Waals surface area (Å²) < 4.78 is 0.126. The second-order valence-corrected chi connectivity index (χ2v) is 4.34. The van der Waals surface area contributed by atoms with Gasteiger partial charge in [-0.2, -0.15) is 25.3 Å². The average molecular weight is 202 g/mol. The van der Waals surface area contributed by atoms with Crippen LogP contribution in [0, 0.1) is 5.41 Å². The van der Waals surface area contributed by atoms with Gasteiger partial charge in [-0.1, -0.05) is 13.8 Å². The van der Waals surface area contributed by atoms with Gasteiger partial charge in [0.25, 0.3) is 0 Å². The van der Waals surface area contributed by atoms with Crippen molar-refractivity contribution < 1.29 is 0 Å². The fourth-order valence-corrected chi connectivity index (χ4v) is 0.759. The summed E-state index contributed by atoms with van der Waals surface area (Å²) in [4.78, 5) is 0. The predicted octanol–water partition coefficient (Wildman–Crippen LogP) is 1.97. The fourth-order valence-electron chi connectivity index (χ4n) is 0.501. The fraction of sp³-hybridized carbons (Fsp3) is 1.00. The van der Waals surface area contributed by atoms with Crippen LogP contribution in [0.1, 0.15) is 20.3 Å². The van der Waals surface area contributed by atoms with Gasteiger partial charge < -0.3 is 5.73 Å². The van der Waals surface area contributed by atoms with E-state index >= 15 is 0 Å². The summed E-state index contributed by atoms with van der Waals surface area (Å²) in [5.41, 5.74) is 5.54. The second kappa shape index (κ2) is 5.58. The van der Waals surface area contributed by atoms with Gasteiger partial charge in [0.15, 0.2) is 0 Å². The van der Waals surface area contributed by atoms with Crippen molar-refractivity contribution in [3.05, 3.63) is 0 Å². The lowest BCUT2D eigenvalue weighted by Gasteiger charge is -2.26. The molecule has 0 amide bonds. The Morgan fingerprint density at radius 2 is 1.80 bits per heavy atom. The Hall–Kier alpha value is 0.950. The van der Waals surface area contributed by atoms with Crippen LogP contribution in [0.4, 0.5) is 0 Å². The summed E-state index contributed by atoms with van der Waals surface area (Å²) in [5, 5.41) is 0. The molecular formula is C6H16ClNS2. The lowest BCUT2D eigenvalue weighted by Crippen LogP contribution is -2.23. The molecule has 4 heteroatoms. The molecule has 0 saturated carbocycles. The van der Waals surface area contributed by atoms with Crippen molar-refractivity contribution in [2.24, 2.45) is 11.1 Å². The van der Waals surface area contributed by atoms with Crippen LogP contribution in [0.3, 0.4) is 0 Å². The van der Waals surface area contributed by atoms with Gasteiger partial charge >= 0.3 is 0 Å². The highest BCUT2D eigenvalue weighted by Crippen LogP contribution is 2.30. The van der Waals surface area contributed by atoms with Gasteiger partial charge in [-0.05, 0) is 18.4 Å². The van der Waals surface area contributed by atoms with Crippen molar-refractivity contribution in [2.75, 3.05) is 6.54 Å². The van der Waals surface area contributed by atoms with Crippen LogP contribution < -0.4 is 5.73 Å². The zero-order valence-corrected chi connectivity index (χ0v) is 8.98. The van der Waals surface area contributed by atoms with Gasteiger partial charge in [0, 0.05) is 4.58 Å². The van der Waals surface area contributed by atoms with Crippen LogP contribution in [0.25, 0.3) is 0 Å². The van der Waals surface area contributed by atoms with E-state index in [1.807, 2.05) is 0 Å². The predicted molar refractivity (Wildman–Crippen MR) is 56.5 cm³/mol. The first-order chi connectivity index (χ1) is 4.00. The highest BCUT2D eigenvalue weighted by atomic mass is 35.5. The van der Waals surface area contributed by atoms with E-state index in [-0.39, 0.29) is 22.4 Å². The van der Waals surface area contributed by atoms with E-state index < -0.39 is 0 Å². The molecule has 0 unspecified atom stereocenters. The van der Waals surface area contributed by atoms with Gasteiger partial charge in [0.1, 0.15) is 0 Å². The van der Waals surface area contributed by atoms with Crippen molar-refractivity contribution >= 4 is 37.7 Å². The number of rotatable bonds is 3. The third kappa shape index (κ3) is 4.72. The third-order valence-electron chi connectivity index (χ3n) is 1.49. The van der Waals surface area contributed by atoms with E-state index in [4.69, 9.17) is 5.73 Å². The summed E-state index contributed by atoms with van der Waals surface area (Å²) in [6.45, 7) is 4.94. The summed E-state index contributed by atoms with van der Waals surface area (Å²) in [7, 11) is 0. The van der Waals surface area contributed by atoms with E-state index in [1.54, 1.807) is 0 Å². The molecular weight excluding hydrogens is 186 g/mol. The van der Waals surface area contributed by atoms with E-state index in [9.17, 15) is 0 Å². The summed E-state index contributed by atoms with van der Waals surface area (Å²) in [5.74, 6) is 0. The van der Waals surface area contributed by atoms with Crippen molar-refractivity contribution in [1.29, 1.82) is 0 Å². The van der Waals surface area contributed by atoms with Crippen LogP contribution >= 0.6 is 37.7 Å². The molecule has 0 atom stereocenters. The summed E-state index contributed by atoms with van der Waals surface area (Å²) in [6.07, 6.45) is 0.977. The Bertz CT molecular complexity index is 85.8. The molecule has 0 aliphatic rings. The number of halogens is 1. The Balaban J connectivity index is 0. The molecule has 0 bridgehead atoms. The summed E-state index contributed by atoms with van der Waals surface area (Å²) in [6, 6.07) is 0. The molecule has 10 heavy (non-hydrogen) atoms. The quantitative estimate of drug-likeness (QED) is 0.473. The van der Waals surface area contributed by atoms with E-state index in [0.29, 0.717) is 6.54 Å². The van der Waals surface area contributed by atoms with Crippen LogP contribution in [-0.2, 0) is 0 Å². The summed E-state index contributed by atoms with van der Waals surface area (Å²) >= 11 is 8.44. The van der Waals surface area contributed by atoms with E-state index in [2.05, 4.69) is 39.1 Å². The molecule has 0 aliphatic heterocycles. The maximum Gasteiger partial charge on any atom is 0.0493 e. The Labute approximate surface area is 80.4 Å². The topological polar surface area (TPSA) is 26.0 Å². The molecule has 0 saturated heterocycles. The third-order valence-corrected chi connectivity index (χ3v) is 2.89. The first kappa shape index (κ1) is 13.5. The van der Waals surface area contributed by atoms with Crippen molar-refractivity contribution in [2.45, 2.75) is 24.9 Å². The minimum absolute atomic E-state index is 0. The standard InChI is InChI=1S/C6H15NS2.ClH/c1-6(2,3-4-7)5(8)9;/h5,8-9H,3-4,7H2,1-2H3;1H. The van der Waals surface area contributed by atoms with Crippen LogP contribution in [0.15, 0.2) is 0 Å². The van der Waals surface area contributed by atoms with Gasteiger partial charge in [-0.25, -0.2) is 0 Å². The molecule has 0 aromatic heterocycles. The van der Waals surface area contributed by atoms with E-state index in [0.717, 1.165) is 6.42 Å². The Morgan fingerprint density at radius 1 is 1.40 bits per heavy atom. The molecule has 0 spiro atoms. The number of nitrogens with two attached hydrogens (primary N) is 1. The highest BCUT2D eigenvalue weighted by molar-refractivity contribution is 7.99. The molecule has 1 nitrogen and oxygen atoms in total. The first-order valence-electron chi connectivity index (χ1n) is 3.07. The second-order valence-electron chi connectivity index (χ2n) is 2.90. The van der Waals surface area contributed by atoms with E-state index in [1.165, 1.54) is 0 Å². The smallest absolute Gasteiger partial charge is 0.0493 e. The zero-order chi connectivity index (χ0) is 7.49. The minimum Gasteiger partial charge on any atom is -0.330 e. The van der Waals surface area contributed by atoms with Crippen molar-refractivity contribution in [3.63, 3.8) is 0 Å². The lowest BCUT2D eigenvalue weighted by atomic mass is 9.92.